The zero-order valence-electron chi connectivity index (χ0n) is 11.4. The molecule has 1 aliphatic rings. The van der Waals surface area contributed by atoms with Gasteiger partial charge in [0.05, 0.1) is 17.2 Å². The fourth-order valence-corrected chi connectivity index (χ4v) is 3.19. The van der Waals surface area contributed by atoms with E-state index in [1.165, 1.54) is 0 Å². The lowest BCUT2D eigenvalue weighted by molar-refractivity contribution is -0.118. The predicted molar refractivity (Wildman–Crippen MR) is 81.8 cm³/mol. The molecule has 1 aliphatic heterocycles. The van der Waals surface area contributed by atoms with Crippen molar-refractivity contribution in [3.8, 4) is 0 Å². The molecule has 0 atom stereocenters. The van der Waals surface area contributed by atoms with Gasteiger partial charge < -0.3 is 10.6 Å². The van der Waals surface area contributed by atoms with E-state index >= 15 is 0 Å². The second kappa shape index (κ2) is 5.25. The van der Waals surface area contributed by atoms with Crippen molar-refractivity contribution in [1.82, 2.24) is 4.98 Å². The van der Waals surface area contributed by atoms with Crippen LogP contribution >= 0.6 is 11.3 Å². The number of carbonyl (C=O) groups is 1. The molecule has 0 bridgehead atoms. The van der Waals surface area contributed by atoms with Gasteiger partial charge >= 0.3 is 0 Å². The van der Waals surface area contributed by atoms with Crippen molar-refractivity contribution >= 4 is 28.6 Å². The molecular weight excluding hydrogens is 270 g/mol. The van der Waals surface area contributed by atoms with E-state index in [0.717, 1.165) is 40.5 Å². The number of anilines is 2. The second-order valence-corrected chi connectivity index (χ2v) is 6.14. The summed E-state index contributed by atoms with van der Waals surface area (Å²) in [5.41, 5.74) is 9.69. The summed E-state index contributed by atoms with van der Waals surface area (Å²) in [6.45, 7) is 2.52. The molecule has 0 saturated carbocycles. The molecule has 1 aromatic carbocycles. The smallest absolute Gasteiger partial charge is 0.227 e. The molecule has 3 rings (SSSR count). The first kappa shape index (κ1) is 13.1. The summed E-state index contributed by atoms with van der Waals surface area (Å²) in [7, 11) is 0. The molecule has 0 aliphatic carbocycles. The number of amides is 1. The average molecular weight is 287 g/mol. The maximum atomic E-state index is 12.3. The molecule has 4 nitrogen and oxygen atoms in total. The number of thiazole rings is 1. The summed E-state index contributed by atoms with van der Waals surface area (Å²) >= 11 is 1.61. The second-order valence-electron chi connectivity index (χ2n) is 5.08. The van der Waals surface area contributed by atoms with Gasteiger partial charge in [-0.05, 0) is 43.5 Å². The molecule has 2 aromatic rings. The first-order valence-corrected chi connectivity index (χ1v) is 7.61. The molecular formula is C15H17N3OS. The Labute approximate surface area is 122 Å². The van der Waals surface area contributed by atoms with Gasteiger partial charge in [0.2, 0.25) is 5.91 Å². The molecule has 0 spiro atoms. The van der Waals surface area contributed by atoms with E-state index in [9.17, 15) is 4.79 Å². The minimum absolute atomic E-state index is 0.166. The monoisotopic (exact) mass is 287 g/mol. The first-order valence-electron chi connectivity index (χ1n) is 6.73. The average Bonchev–Trinajstić information content (AvgIpc) is 2.75. The minimum atomic E-state index is 0.166. The number of fused-ring (bicyclic) bond motifs is 1. The fraction of sp³-hybridized carbons (Fsp3) is 0.333. The van der Waals surface area contributed by atoms with Crippen LogP contribution in [0.3, 0.4) is 0 Å². The van der Waals surface area contributed by atoms with E-state index in [4.69, 9.17) is 5.73 Å². The Morgan fingerprint density at radius 2 is 2.25 bits per heavy atom. The van der Waals surface area contributed by atoms with Gasteiger partial charge in [0, 0.05) is 23.2 Å². The Hall–Kier alpha value is -1.88. The number of nitrogens with two attached hydrogens (primary N) is 1. The van der Waals surface area contributed by atoms with Crippen LogP contribution in [0.5, 0.6) is 0 Å². The lowest BCUT2D eigenvalue weighted by Gasteiger charge is -2.22. The van der Waals surface area contributed by atoms with Crippen molar-refractivity contribution < 1.29 is 4.79 Å². The molecule has 0 fully saturated rings. The third kappa shape index (κ3) is 2.54. The van der Waals surface area contributed by atoms with Gasteiger partial charge in [-0.25, -0.2) is 4.98 Å². The van der Waals surface area contributed by atoms with Crippen molar-refractivity contribution in [3.63, 3.8) is 0 Å². The number of aromatic nitrogens is 1. The van der Waals surface area contributed by atoms with E-state index < -0.39 is 0 Å². The van der Waals surface area contributed by atoms with Crippen molar-refractivity contribution in [2.75, 3.05) is 10.6 Å². The molecule has 0 saturated heterocycles. The first-order chi connectivity index (χ1) is 9.63. The summed E-state index contributed by atoms with van der Waals surface area (Å²) in [5.74, 6) is 0.166. The number of hydrogen-bond acceptors (Lipinski definition) is 4. The third-order valence-electron chi connectivity index (χ3n) is 3.52. The van der Waals surface area contributed by atoms with Crippen LogP contribution in [0.2, 0.25) is 0 Å². The zero-order valence-corrected chi connectivity index (χ0v) is 12.2. The van der Waals surface area contributed by atoms with Crippen molar-refractivity contribution in [2.45, 2.75) is 32.7 Å². The highest BCUT2D eigenvalue weighted by atomic mass is 32.1. The number of aryl methyl sites for hydroxylation is 2. The standard InChI is InChI=1S/C15H17N3OS/c1-10-17-13(9-20-10)8-18-14-6-5-12(16)7-11(14)3-2-4-15(18)19/h5-7,9H,2-4,8,16H2,1H3. The summed E-state index contributed by atoms with van der Waals surface area (Å²) < 4.78 is 0. The Morgan fingerprint density at radius 1 is 1.40 bits per heavy atom. The highest BCUT2D eigenvalue weighted by Crippen LogP contribution is 2.30. The molecule has 2 heterocycles. The Morgan fingerprint density at radius 3 is 3.00 bits per heavy atom. The third-order valence-corrected chi connectivity index (χ3v) is 4.34. The molecule has 5 heteroatoms. The van der Waals surface area contributed by atoms with Crippen LogP contribution < -0.4 is 10.6 Å². The normalized spacial score (nSPS) is 15.1. The van der Waals surface area contributed by atoms with E-state index in [1.54, 1.807) is 11.3 Å². The van der Waals surface area contributed by atoms with Crippen molar-refractivity contribution in [3.05, 3.63) is 39.8 Å². The molecule has 104 valence electrons. The molecule has 0 radical (unpaired) electrons. The van der Waals surface area contributed by atoms with Gasteiger partial charge in [0.1, 0.15) is 0 Å². The highest BCUT2D eigenvalue weighted by molar-refractivity contribution is 7.09. The molecule has 2 N–H and O–H groups in total. The summed E-state index contributed by atoms with van der Waals surface area (Å²) in [6, 6.07) is 5.79. The number of nitrogen functional groups attached to an aromatic ring is 1. The van der Waals surface area contributed by atoms with Gasteiger partial charge in [0.25, 0.3) is 0 Å². The van der Waals surface area contributed by atoms with Crippen LogP contribution in [-0.2, 0) is 17.8 Å². The number of benzene rings is 1. The van der Waals surface area contributed by atoms with E-state index in [1.807, 2.05) is 35.4 Å². The zero-order chi connectivity index (χ0) is 14.1. The van der Waals surface area contributed by atoms with Gasteiger partial charge in [-0.15, -0.1) is 11.3 Å². The largest absolute Gasteiger partial charge is 0.399 e. The van der Waals surface area contributed by atoms with Gasteiger partial charge in [-0.3, -0.25) is 4.79 Å². The van der Waals surface area contributed by atoms with E-state index in [2.05, 4.69) is 4.98 Å². The topological polar surface area (TPSA) is 59.2 Å². The lowest BCUT2D eigenvalue weighted by atomic mass is 10.1. The Balaban J connectivity index is 1.97. The van der Waals surface area contributed by atoms with Crippen LogP contribution in [0.25, 0.3) is 0 Å². The number of rotatable bonds is 2. The SMILES string of the molecule is Cc1nc(CN2C(=O)CCCc3cc(N)ccc32)cs1. The number of hydrogen-bond donors (Lipinski definition) is 1. The van der Waals surface area contributed by atoms with E-state index in [-0.39, 0.29) is 5.91 Å². The maximum Gasteiger partial charge on any atom is 0.227 e. The summed E-state index contributed by atoms with van der Waals surface area (Å²) in [4.78, 5) is 18.6. The molecule has 1 amide bonds. The van der Waals surface area contributed by atoms with Crippen LogP contribution in [0.1, 0.15) is 29.1 Å². The van der Waals surface area contributed by atoms with Gasteiger partial charge in [-0.2, -0.15) is 0 Å². The summed E-state index contributed by atoms with van der Waals surface area (Å²) in [5, 5.41) is 3.05. The molecule has 20 heavy (non-hydrogen) atoms. The maximum absolute atomic E-state index is 12.3. The molecule has 1 aromatic heterocycles. The van der Waals surface area contributed by atoms with Crippen molar-refractivity contribution in [2.24, 2.45) is 0 Å². The number of nitrogens with zero attached hydrogens (tertiary/aromatic N) is 2. The van der Waals surface area contributed by atoms with Crippen LogP contribution in [0.15, 0.2) is 23.6 Å². The summed E-state index contributed by atoms with van der Waals surface area (Å²) in [6.07, 6.45) is 2.36. The predicted octanol–water partition coefficient (Wildman–Crippen LogP) is 2.90. The molecule has 0 unspecified atom stereocenters. The Bertz CT molecular complexity index is 650. The van der Waals surface area contributed by atoms with E-state index in [0.29, 0.717) is 13.0 Å². The fourth-order valence-electron chi connectivity index (χ4n) is 2.58. The number of carbonyl (C=O) groups excluding carboxylic acids is 1. The minimum Gasteiger partial charge on any atom is -0.399 e. The Kier molecular flexibility index (Phi) is 3.44. The van der Waals surface area contributed by atoms with Crippen molar-refractivity contribution in [1.29, 1.82) is 0 Å². The van der Waals surface area contributed by atoms with Gasteiger partial charge in [-0.1, -0.05) is 0 Å². The van der Waals surface area contributed by atoms with Crippen LogP contribution in [0, 0.1) is 6.92 Å². The van der Waals surface area contributed by atoms with Crippen LogP contribution in [-0.4, -0.2) is 10.9 Å². The van der Waals surface area contributed by atoms with Gasteiger partial charge in [0.15, 0.2) is 0 Å². The lowest BCUT2D eigenvalue weighted by Crippen LogP contribution is -2.29. The van der Waals surface area contributed by atoms with Crippen LogP contribution in [0.4, 0.5) is 11.4 Å². The highest BCUT2D eigenvalue weighted by Gasteiger charge is 2.23. The quantitative estimate of drug-likeness (QED) is 0.864.